The van der Waals surface area contributed by atoms with Crippen LogP contribution in [0.4, 0.5) is 0 Å². The van der Waals surface area contributed by atoms with Crippen LogP contribution in [0.15, 0.2) is 66.7 Å². The van der Waals surface area contributed by atoms with Crippen molar-refractivity contribution in [3.63, 3.8) is 0 Å². The van der Waals surface area contributed by atoms with Crippen LogP contribution in [0.25, 0.3) is 20.2 Å². The lowest BCUT2D eigenvalue weighted by atomic mass is 10.1. The van der Waals surface area contributed by atoms with Crippen LogP contribution in [0.5, 0.6) is 0 Å². The molecule has 104 valence electrons. The van der Waals surface area contributed by atoms with Gasteiger partial charge < -0.3 is 0 Å². The molecule has 1 heterocycles. The molecule has 0 amide bonds. The predicted molar refractivity (Wildman–Crippen MR) is 96.5 cm³/mol. The molecule has 1 heteroatoms. The highest BCUT2D eigenvalue weighted by Gasteiger charge is 2.03. The Labute approximate surface area is 134 Å². The van der Waals surface area contributed by atoms with E-state index in [1.165, 1.54) is 25.7 Å². The Bertz CT molecular complexity index is 1020. The fourth-order valence-electron chi connectivity index (χ4n) is 2.58. The van der Waals surface area contributed by atoms with Crippen molar-refractivity contribution in [1.29, 1.82) is 0 Å². The third-order valence-corrected chi connectivity index (χ3v) is 4.92. The van der Waals surface area contributed by atoms with Crippen molar-refractivity contribution in [2.24, 2.45) is 0 Å². The van der Waals surface area contributed by atoms with Crippen LogP contribution < -0.4 is 0 Å². The molecule has 0 fully saturated rings. The molecule has 4 aromatic rings. The molecule has 3 aromatic carbocycles. The van der Waals surface area contributed by atoms with Crippen LogP contribution in [0.2, 0.25) is 0 Å². The number of hydrogen-bond donors (Lipinski definition) is 0. The van der Waals surface area contributed by atoms with E-state index in [2.05, 4.69) is 85.5 Å². The van der Waals surface area contributed by atoms with Crippen molar-refractivity contribution in [2.75, 3.05) is 0 Å². The highest BCUT2D eigenvalue weighted by molar-refractivity contribution is 7.25. The first kappa shape index (κ1) is 13.1. The zero-order valence-electron chi connectivity index (χ0n) is 12.3. The molecular weight excluding hydrogens is 284 g/mol. The van der Waals surface area contributed by atoms with Crippen molar-refractivity contribution < 1.29 is 0 Å². The predicted octanol–water partition coefficient (Wildman–Crippen LogP) is 5.76. The number of thiophene rings is 1. The molecular formula is C21H14S. The van der Waals surface area contributed by atoms with Crippen LogP contribution in [0.1, 0.15) is 16.7 Å². The second-order valence-corrected chi connectivity index (χ2v) is 6.51. The van der Waals surface area contributed by atoms with E-state index in [9.17, 15) is 0 Å². The first-order chi connectivity index (χ1) is 10.8. The maximum Gasteiger partial charge on any atom is 0.0367 e. The van der Waals surface area contributed by atoms with Crippen molar-refractivity contribution >= 4 is 31.5 Å². The van der Waals surface area contributed by atoms with Crippen LogP contribution >= 0.6 is 11.3 Å². The summed E-state index contributed by atoms with van der Waals surface area (Å²) in [7, 11) is 0. The van der Waals surface area contributed by atoms with Gasteiger partial charge in [0.05, 0.1) is 0 Å². The van der Waals surface area contributed by atoms with Gasteiger partial charge in [0, 0.05) is 31.3 Å². The second-order valence-electron chi connectivity index (χ2n) is 5.43. The smallest absolute Gasteiger partial charge is 0.0367 e. The fraction of sp³-hybridized carbons (Fsp3) is 0.0476. The largest absolute Gasteiger partial charge is 0.135 e. The van der Waals surface area contributed by atoms with Gasteiger partial charge in [-0.15, -0.1) is 11.3 Å². The Balaban J connectivity index is 1.77. The number of hydrogen-bond acceptors (Lipinski definition) is 1. The number of fused-ring (bicyclic) bond motifs is 3. The van der Waals surface area contributed by atoms with Gasteiger partial charge in [-0.3, -0.25) is 0 Å². The summed E-state index contributed by atoms with van der Waals surface area (Å²) in [5.74, 6) is 6.51. The van der Waals surface area contributed by atoms with Crippen LogP contribution in [0, 0.1) is 18.8 Å². The Hall–Kier alpha value is -2.56. The Kier molecular flexibility index (Phi) is 3.18. The first-order valence-corrected chi connectivity index (χ1v) is 8.11. The first-order valence-electron chi connectivity index (χ1n) is 7.29. The minimum Gasteiger partial charge on any atom is -0.135 e. The summed E-state index contributed by atoms with van der Waals surface area (Å²) < 4.78 is 2.64. The summed E-state index contributed by atoms with van der Waals surface area (Å²) in [6.45, 7) is 2.09. The number of rotatable bonds is 0. The van der Waals surface area contributed by atoms with Gasteiger partial charge in [-0.05, 0) is 37.3 Å². The van der Waals surface area contributed by atoms with Gasteiger partial charge in [0.15, 0.2) is 0 Å². The molecule has 0 aliphatic rings. The lowest BCUT2D eigenvalue weighted by molar-refractivity contribution is 1.46. The van der Waals surface area contributed by atoms with Gasteiger partial charge in [0.25, 0.3) is 0 Å². The van der Waals surface area contributed by atoms with Crippen molar-refractivity contribution in [2.45, 2.75) is 6.92 Å². The van der Waals surface area contributed by atoms with E-state index in [0.29, 0.717) is 0 Å². The van der Waals surface area contributed by atoms with Gasteiger partial charge in [-0.1, -0.05) is 53.8 Å². The van der Waals surface area contributed by atoms with Crippen LogP contribution in [-0.4, -0.2) is 0 Å². The van der Waals surface area contributed by atoms with E-state index < -0.39 is 0 Å². The SMILES string of the molecule is Cc1ccc(C#Cc2ccc3c(c2)sc2ccccc23)cc1. The highest BCUT2D eigenvalue weighted by Crippen LogP contribution is 2.33. The maximum absolute atomic E-state index is 3.27. The highest BCUT2D eigenvalue weighted by atomic mass is 32.1. The topological polar surface area (TPSA) is 0 Å². The molecule has 22 heavy (non-hydrogen) atoms. The van der Waals surface area contributed by atoms with E-state index in [-0.39, 0.29) is 0 Å². The van der Waals surface area contributed by atoms with Crippen molar-refractivity contribution in [1.82, 2.24) is 0 Å². The zero-order valence-corrected chi connectivity index (χ0v) is 13.1. The molecule has 0 aliphatic carbocycles. The molecule has 0 atom stereocenters. The van der Waals surface area contributed by atoms with Crippen molar-refractivity contribution in [3.8, 4) is 11.8 Å². The Morgan fingerprint density at radius 2 is 1.36 bits per heavy atom. The molecule has 0 saturated carbocycles. The summed E-state index contributed by atoms with van der Waals surface area (Å²) in [6, 6.07) is 23.4. The monoisotopic (exact) mass is 298 g/mol. The van der Waals surface area contributed by atoms with E-state index in [4.69, 9.17) is 0 Å². The van der Waals surface area contributed by atoms with Gasteiger partial charge in [0.1, 0.15) is 0 Å². The summed E-state index contributed by atoms with van der Waals surface area (Å²) in [5, 5.41) is 2.65. The molecule has 0 spiro atoms. The third kappa shape index (κ3) is 2.39. The molecule has 0 nitrogen and oxygen atoms in total. The quantitative estimate of drug-likeness (QED) is 0.362. The normalized spacial score (nSPS) is 10.6. The molecule has 0 unspecified atom stereocenters. The fourth-order valence-corrected chi connectivity index (χ4v) is 3.73. The maximum atomic E-state index is 3.27. The van der Waals surface area contributed by atoms with E-state index >= 15 is 0 Å². The summed E-state index contributed by atoms with van der Waals surface area (Å²) in [6.07, 6.45) is 0. The minimum absolute atomic E-state index is 1.06. The van der Waals surface area contributed by atoms with E-state index in [1.807, 2.05) is 11.3 Å². The number of benzene rings is 3. The van der Waals surface area contributed by atoms with Crippen LogP contribution in [-0.2, 0) is 0 Å². The lowest BCUT2D eigenvalue weighted by Gasteiger charge is -1.94. The average Bonchev–Trinajstić information content (AvgIpc) is 2.92. The third-order valence-electron chi connectivity index (χ3n) is 3.78. The lowest BCUT2D eigenvalue weighted by Crippen LogP contribution is -1.77. The summed E-state index contributed by atoms with van der Waals surface area (Å²) in [4.78, 5) is 0. The summed E-state index contributed by atoms with van der Waals surface area (Å²) >= 11 is 1.83. The van der Waals surface area contributed by atoms with E-state index in [0.717, 1.165) is 11.1 Å². The molecule has 0 bridgehead atoms. The van der Waals surface area contributed by atoms with Gasteiger partial charge >= 0.3 is 0 Å². The average molecular weight is 298 g/mol. The number of aryl methyl sites for hydroxylation is 1. The zero-order chi connectivity index (χ0) is 14.9. The Morgan fingerprint density at radius 3 is 2.23 bits per heavy atom. The standard InChI is InChI=1S/C21H14S/c1-15-6-8-16(9-7-15)10-11-17-12-13-19-18-4-2-3-5-20(18)22-21(19)14-17/h2-9,12-14H,1H3. The molecule has 1 aromatic heterocycles. The molecule has 0 radical (unpaired) electrons. The van der Waals surface area contributed by atoms with Gasteiger partial charge in [-0.25, -0.2) is 0 Å². The van der Waals surface area contributed by atoms with Gasteiger partial charge in [0.2, 0.25) is 0 Å². The molecule has 0 aliphatic heterocycles. The minimum atomic E-state index is 1.06. The summed E-state index contributed by atoms with van der Waals surface area (Å²) in [5.41, 5.74) is 3.39. The van der Waals surface area contributed by atoms with Crippen LogP contribution in [0.3, 0.4) is 0 Å². The Morgan fingerprint density at radius 1 is 0.682 bits per heavy atom. The van der Waals surface area contributed by atoms with E-state index in [1.54, 1.807) is 0 Å². The molecule has 0 saturated heterocycles. The molecule has 0 N–H and O–H groups in total. The molecule has 4 rings (SSSR count). The second kappa shape index (κ2) is 5.33. The van der Waals surface area contributed by atoms with Gasteiger partial charge in [-0.2, -0.15) is 0 Å². The van der Waals surface area contributed by atoms with Crippen molar-refractivity contribution in [3.05, 3.63) is 83.4 Å².